The zero-order valence-electron chi connectivity index (χ0n) is 13.2. The van der Waals surface area contributed by atoms with Crippen LogP contribution in [0.2, 0.25) is 0 Å². The van der Waals surface area contributed by atoms with Crippen molar-refractivity contribution in [2.75, 3.05) is 18.5 Å². The fourth-order valence-electron chi connectivity index (χ4n) is 2.17. The summed E-state index contributed by atoms with van der Waals surface area (Å²) in [6, 6.07) is 12.4. The van der Waals surface area contributed by atoms with E-state index in [0.29, 0.717) is 0 Å². The predicted molar refractivity (Wildman–Crippen MR) is 91.1 cm³/mol. The largest absolute Gasteiger partial charge is 0.481 e. The van der Waals surface area contributed by atoms with Gasteiger partial charge in [-0.2, -0.15) is 0 Å². The van der Waals surface area contributed by atoms with Crippen LogP contribution in [0.15, 0.2) is 48.5 Å². The van der Waals surface area contributed by atoms with Crippen LogP contribution in [0.4, 0.5) is 10.1 Å². The van der Waals surface area contributed by atoms with E-state index < -0.39 is 30.1 Å². The van der Waals surface area contributed by atoms with E-state index in [1.54, 1.807) is 0 Å². The SMILES string of the molecule is N=CC(CNc1ccccc1)C(=O)c1cc(F)ccc1OCC(=O)O. The third-order valence-electron chi connectivity index (χ3n) is 3.40. The Hall–Kier alpha value is -3.22. The second-order valence-corrected chi connectivity index (χ2v) is 5.21. The van der Waals surface area contributed by atoms with Crippen LogP contribution >= 0.6 is 0 Å². The molecule has 25 heavy (non-hydrogen) atoms. The third-order valence-corrected chi connectivity index (χ3v) is 3.40. The highest BCUT2D eigenvalue weighted by molar-refractivity contribution is 6.07. The number of ketones is 1. The van der Waals surface area contributed by atoms with E-state index in [0.717, 1.165) is 24.0 Å². The number of halogens is 1. The van der Waals surface area contributed by atoms with Gasteiger partial charge in [0.15, 0.2) is 12.4 Å². The second-order valence-electron chi connectivity index (χ2n) is 5.21. The number of rotatable bonds is 9. The molecule has 0 radical (unpaired) electrons. The predicted octanol–water partition coefficient (Wildman–Crippen LogP) is 2.85. The quantitative estimate of drug-likeness (QED) is 0.480. The lowest BCUT2D eigenvalue weighted by molar-refractivity contribution is -0.139. The monoisotopic (exact) mass is 344 g/mol. The summed E-state index contributed by atoms with van der Waals surface area (Å²) in [4.78, 5) is 23.3. The van der Waals surface area contributed by atoms with Crippen LogP contribution in [0.5, 0.6) is 5.75 Å². The molecule has 0 aliphatic heterocycles. The minimum Gasteiger partial charge on any atom is -0.481 e. The van der Waals surface area contributed by atoms with Gasteiger partial charge in [0.25, 0.3) is 0 Å². The molecule has 2 aromatic rings. The Bertz CT molecular complexity index is 765. The van der Waals surface area contributed by atoms with Crippen LogP contribution in [0.3, 0.4) is 0 Å². The van der Waals surface area contributed by atoms with Crippen molar-refractivity contribution in [3.05, 3.63) is 59.9 Å². The van der Waals surface area contributed by atoms with Crippen LogP contribution in [-0.4, -0.2) is 36.2 Å². The number of carbonyl (C=O) groups excluding carboxylic acids is 1. The van der Waals surface area contributed by atoms with Crippen molar-refractivity contribution in [1.82, 2.24) is 0 Å². The normalized spacial score (nSPS) is 11.4. The van der Waals surface area contributed by atoms with Crippen molar-refractivity contribution >= 4 is 23.7 Å². The number of anilines is 1. The van der Waals surface area contributed by atoms with E-state index >= 15 is 0 Å². The molecule has 3 N–H and O–H groups in total. The van der Waals surface area contributed by atoms with Crippen molar-refractivity contribution < 1.29 is 23.8 Å². The summed E-state index contributed by atoms with van der Waals surface area (Å²) in [7, 11) is 0. The molecule has 0 heterocycles. The Kier molecular flexibility index (Phi) is 6.22. The maximum absolute atomic E-state index is 13.5. The average Bonchev–Trinajstić information content (AvgIpc) is 2.61. The molecule has 0 saturated heterocycles. The maximum atomic E-state index is 13.5. The van der Waals surface area contributed by atoms with Crippen LogP contribution in [0.1, 0.15) is 10.4 Å². The summed E-state index contributed by atoms with van der Waals surface area (Å²) in [5.41, 5.74) is 0.688. The molecule has 130 valence electrons. The van der Waals surface area contributed by atoms with Crippen LogP contribution < -0.4 is 10.1 Å². The summed E-state index contributed by atoms with van der Waals surface area (Å²) in [5, 5.41) is 19.2. The molecule has 2 rings (SSSR count). The van der Waals surface area contributed by atoms with E-state index in [2.05, 4.69) is 5.32 Å². The van der Waals surface area contributed by atoms with E-state index in [9.17, 15) is 14.0 Å². The lowest BCUT2D eigenvalue weighted by atomic mass is 9.97. The number of carbonyl (C=O) groups is 2. The molecular formula is C18H17FN2O4. The topological polar surface area (TPSA) is 99.5 Å². The van der Waals surface area contributed by atoms with E-state index in [-0.39, 0.29) is 17.9 Å². The summed E-state index contributed by atoms with van der Waals surface area (Å²) < 4.78 is 18.6. The molecular weight excluding hydrogens is 327 g/mol. The molecule has 7 heteroatoms. The molecule has 0 amide bonds. The van der Waals surface area contributed by atoms with Gasteiger partial charge in [-0.3, -0.25) is 4.79 Å². The smallest absolute Gasteiger partial charge is 0.341 e. The Labute approximate surface area is 143 Å². The molecule has 0 aliphatic carbocycles. The molecule has 0 bridgehead atoms. The van der Waals surface area contributed by atoms with Crippen LogP contribution in [0, 0.1) is 17.1 Å². The Morgan fingerprint density at radius 1 is 1.24 bits per heavy atom. The first-order valence-electron chi connectivity index (χ1n) is 7.49. The second kappa shape index (κ2) is 8.58. The molecule has 0 aromatic heterocycles. The van der Waals surface area contributed by atoms with Gasteiger partial charge in [0.1, 0.15) is 11.6 Å². The highest BCUT2D eigenvalue weighted by Gasteiger charge is 2.22. The standard InChI is InChI=1S/C18H17FN2O4/c19-13-6-7-16(25-11-17(22)23)15(8-13)18(24)12(9-20)10-21-14-4-2-1-3-5-14/h1-9,12,20-21H,10-11H2,(H,22,23). The molecule has 0 aliphatic rings. The summed E-state index contributed by atoms with van der Waals surface area (Å²) in [6.07, 6.45) is 0.962. The number of Topliss-reactive ketones (excluding diaryl/α,β-unsaturated/α-hetero) is 1. The minimum atomic E-state index is -1.21. The van der Waals surface area contributed by atoms with E-state index in [1.165, 1.54) is 6.07 Å². The van der Waals surface area contributed by atoms with Crippen molar-refractivity contribution in [2.24, 2.45) is 5.92 Å². The van der Waals surface area contributed by atoms with Gasteiger partial charge in [-0.1, -0.05) is 18.2 Å². The molecule has 1 unspecified atom stereocenters. The van der Waals surface area contributed by atoms with Gasteiger partial charge in [0.2, 0.25) is 0 Å². The first-order valence-corrected chi connectivity index (χ1v) is 7.49. The summed E-state index contributed by atoms with van der Waals surface area (Å²) in [6.45, 7) is -0.509. The molecule has 0 fully saturated rings. The van der Waals surface area contributed by atoms with Gasteiger partial charge in [-0.25, -0.2) is 9.18 Å². The lowest BCUT2D eigenvalue weighted by Crippen LogP contribution is -2.25. The molecule has 2 aromatic carbocycles. The van der Waals surface area contributed by atoms with Gasteiger partial charge >= 0.3 is 5.97 Å². The number of para-hydroxylation sites is 1. The Morgan fingerprint density at radius 3 is 2.60 bits per heavy atom. The highest BCUT2D eigenvalue weighted by atomic mass is 19.1. The fourth-order valence-corrected chi connectivity index (χ4v) is 2.17. The van der Waals surface area contributed by atoms with Gasteiger partial charge in [-0.05, 0) is 30.3 Å². The van der Waals surface area contributed by atoms with Crippen LogP contribution in [-0.2, 0) is 4.79 Å². The number of carboxylic acids is 1. The third kappa shape index (κ3) is 5.13. The number of aliphatic carboxylic acids is 1. The number of ether oxygens (including phenoxy) is 1. The Balaban J connectivity index is 2.16. The first-order chi connectivity index (χ1) is 12.0. The molecule has 1 atom stereocenters. The van der Waals surface area contributed by atoms with Crippen molar-refractivity contribution in [3.63, 3.8) is 0 Å². The highest BCUT2D eigenvalue weighted by Crippen LogP contribution is 2.23. The molecule has 0 saturated carbocycles. The molecule has 0 spiro atoms. The van der Waals surface area contributed by atoms with Gasteiger partial charge in [0.05, 0.1) is 11.5 Å². The van der Waals surface area contributed by atoms with Gasteiger partial charge in [0, 0.05) is 18.4 Å². The fraction of sp³-hybridized carbons (Fsp3) is 0.167. The van der Waals surface area contributed by atoms with Crippen molar-refractivity contribution in [2.45, 2.75) is 0 Å². The number of nitrogens with one attached hydrogen (secondary N) is 2. The van der Waals surface area contributed by atoms with Gasteiger partial charge < -0.3 is 20.6 Å². The zero-order valence-corrected chi connectivity index (χ0v) is 13.2. The summed E-state index contributed by atoms with van der Waals surface area (Å²) in [5.74, 6) is -3.27. The average molecular weight is 344 g/mol. The van der Waals surface area contributed by atoms with E-state index in [4.69, 9.17) is 15.3 Å². The van der Waals surface area contributed by atoms with Crippen molar-refractivity contribution in [1.29, 1.82) is 5.41 Å². The number of hydrogen-bond acceptors (Lipinski definition) is 5. The summed E-state index contributed by atoms with van der Waals surface area (Å²) >= 11 is 0. The molecule has 6 nitrogen and oxygen atoms in total. The minimum absolute atomic E-state index is 0.0274. The maximum Gasteiger partial charge on any atom is 0.341 e. The Morgan fingerprint density at radius 2 is 1.96 bits per heavy atom. The van der Waals surface area contributed by atoms with E-state index in [1.807, 2.05) is 30.3 Å². The number of carboxylic acid groups (broad SMARTS) is 1. The number of benzene rings is 2. The lowest BCUT2D eigenvalue weighted by Gasteiger charge is -2.15. The van der Waals surface area contributed by atoms with Gasteiger partial charge in [-0.15, -0.1) is 0 Å². The first kappa shape index (κ1) is 18.1. The number of hydrogen-bond donors (Lipinski definition) is 3. The van der Waals surface area contributed by atoms with Crippen molar-refractivity contribution in [3.8, 4) is 5.75 Å². The zero-order chi connectivity index (χ0) is 18.2. The van der Waals surface area contributed by atoms with Crippen LogP contribution in [0.25, 0.3) is 0 Å².